The highest BCUT2D eigenvalue weighted by Gasteiger charge is 2.23. The van der Waals surface area contributed by atoms with E-state index >= 15 is 0 Å². The topological polar surface area (TPSA) is 84.2 Å². The average Bonchev–Trinajstić information content (AvgIpc) is 3.28. The molecule has 1 aromatic carbocycles. The molecule has 1 aliphatic heterocycles. The number of nitrogens with zero attached hydrogens (tertiary/aromatic N) is 6. The summed E-state index contributed by atoms with van der Waals surface area (Å²) in [6.45, 7) is 3.06. The maximum Gasteiger partial charge on any atom is 0.261 e. The summed E-state index contributed by atoms with van der Waals surface area (Å²) in [4.78, 5) is 43.4. The van der Waals surface area contributed by atoms with Crippen LogP contribution in [0.4, 0.5) is 5.82 Å². The number of benzene rings is 1. The number of para-hydroxylation sites is 1. The van der Waals surface area contributed by atoms with E-state index in [-0.39, 0.29) is 17.9 Å². The van der Waals surface area contributed by atoms with Crippen LogP contribution in [0.2, 0.25) is 0 Å². The first-order valence-corrected chi connectivity index (χ1v) is 10.7. The van der Waals surface area contributed by atoms with Crippen LogP contribution in [0.1, 0.15) is 6.42 Å². The minimum atomic E-state index is -0.109. The van der Waals surface area contributed by atoms with Crippen LogP contribution in [0, 0.1) is 0 Å². The Morgan fingerprint density at radius 3 is 2.70 bits per heavy atom. The van der Waals surface area contributed by atoms with Crippen molar-refractivity contribution >= 4 is 44.2 Å². The molecule has 0 spiro atoms. The highest BCUT2D eigenvalue weighted by molar-refractivity contribution is 7.16. The number of amides is 1. The van der Waals surface area contributed by atoms with Crippen LogP contribution in [0.15, 0.2) is 53.2 Å². The first-order valence-electron chi connectivity index (χ1n) is 9.86. The van der Waals surface area contributed by atoms with Gasteiger partial charge >= 0.3 is 0 Å². The smallest absolute Gasteiger partial charge is 0.261 e. The second-order valence-corrected chi connectivity index (χ2v) is 8.11. The Kier molecular flexibility index (Phi) is 4.88. The molecule has 0 aliphatic carbocycles. The summed E-state index contributed by atoms with van der Waals surface area (Å²) in [7, 11) is 0. The minimum Gasteiger partial charge on any atom is -0.352 e. The number of carbonyl (C=O) groups excluding carboxylic acids is 1. The number of piperazine rings is 1. The van der Waals surface area contributed by atoms with Gasteiger partial charge in [-0.2, -0.15) is 0 Å². The molecule has 152 valence electrons. The summed E-state index contributed by atoms with van der Waals surface area (Å²) in [5, 5.41) is 3.66. The molecule has 1 saturated heterocycles. The Bertz CT molecular complexity index is 1280. The lowest BCUT2D eigenvalue weighted by molar-refractivity contribution is -0.131. The van der Waals surface area contributed by atoms with Gasteiger partial charge in [-0.25, -0.2) is 15.0 Å². The number of aryl methyl sites for hydroxylation is 1. The molecule has 4 heterocycles. The molecule has 3 aromatic heterocycles. The van der Waals surface area contributed by atoms with Crippen LogP contribution in [-0.4, -0.2) is 56.5 Å². The number of rotatable bonds is 4. The van der Waals surface area contributed by atoms with Crippen molar-refractivity contribution in [2.45, 2.75) is 13.0 Å². The lowest BCUT2D eigenvalue weighted by atomic mass is 10.2. The summed E-state index contributed by atoms with van der Waals surface area (Å²) < 4.78 is 1.52. The van der Waals surface area contributed by atoms with E-state index in [0.717, 1.165) is 29.1 Å². The van der Waals surface area contributed by atoms with Crippen LogP contribution >= 0.6 is 11.3 Å². The number of hydrogen-bond donors (Lipinski definition) is 0. The van der Waals surface area contributed by atoms with Crippen molar-refractivity contribution in [3.63, 3.8) is 0 Å². The molecule has 0 unspecified atom stereocenters. The van der Waals surface area contributed by atoms with Crippen molar-refractivity contribution in [2.75, 3.05) is 31.1 Å². The molecule has 1 aliphatic rings. The average molecular weight is 420 g/mol. The molecule has 1 fully saturated rings. The summed E-state index contributed by atoms with van der Waals surface area (Å²) in [5.74, 6) is 0.986. The Balaban J connectivity index is 1.22. The molecule has 30 heavy (non-hydrogen) atoms. The standard InChI is InChI=1S/C21H20N6O2S/c28-18(5-7-27-14-24-17-4-2-1-3-15(17)21(27)29)25-8-10-26(11-9-25)19-16-6-12-30-20(16)23-13-22-19/h1-4,6,12-14H,5,7-11H2. The SMILES string of the molecule is O=C(CCn1cnc2ccccc2c1=O)N1CCN(c2ncnc3sccc23)CC1. The monoisotopic (exact) mass is 420 g/mol. The van der Waals surface area contributed by atoms with Crippen molar-refractivity contribution in [3.05, 3.63) is 58.7 Å². The zero-order valence-electron chi connectivity index (χ0n) is 16.3. The van der Waals surface area contributed by atoms with Crippen LogP contribution in [-0.2, 0) is 11.3 Å². The lowest BCUT2D eigenvalue weighted by Crippen LogP contribution is -2.49. The molecule has 8 nitrogen and oxygen atoms in total. The van der Waals surface area contributed by atoms with Gasteiger partial charge in [-0.05, 0) is 23.6 Å². The quantitative estimate of drug-likeness (QED) is 0.503. The van der Waals surface area contributed by atoms with Crippen LogP contribution in [0.3, 0.4) is 0 Å². The first-order chi connectivity index (χ1) is 14.7. The molecule has 0 bridgehead atoms. The zero-order valence-corrected chi connectivity index (χ0v) is 17.1. The van der Waals surface area contributed by atoms with Crippen molar-refractivity contribution in [1.29, 1.82) is 0 Å². The maximum atomic E-state index is 12.7. The molecular formula is C21H20N6O2S. The Labute approximate surface area is 176 Å². The maximum absolute atomic E-state index is 12.7. The molecule has 0 radical (unpaired) electrons. The fourth-order valence-corrected chi connectivity index (χ4v) is 4.56. The number of aromatic nitrogens is 4. The minimum absolute atomic E-state index is 0.0538. The molecule has 5 rings (SSSR count). The summed E-state index contributed by atoms with van der Waals surface area (Å²) in [5.41, 5.74) is 0.562. The van der Waals surface area contributed by atoms with E-state index in [0.29, 0.717) is 30.5 Å². The number of hydrogen-bond acceptors (Lipinski definition) is 7. The number of carbonyl (C=O) groups is 1. The van der Waals surface area contributed by atoms with Gasteiger partial charge in [0.25, 0.3) is 5.56 Å². The second-order valence-electron chi connectivity index (χ2n) is 7.21. The van der Waals surface area contributed by atoms with E-state index in [1.807, 2.05) is 34.5 Å². The van der Waals surface area contributed by atoms with E-state index in [1.54, 1.807) is 23.7 Å². The van der Waals surface area contributed by atoms with Crippen molar-refractivity contribution < 1.29 is 4.79 Å². The number of fused-ring (bicyclic) bond motifs is 2. The van der Waals surface area contributed by atoms with Crippen molar-refractivity contribution in [1.82, 2.24) is 24.4 Å². The summed E-state index contributed by atoms with van der Waals surface area (Å²) in [6, 6.07) is 9.30. The number of anilines is 1. The molecule has 0 atom stereocenters. The van der Waals surface area contributed by atoms with Gasteiger partial charge in [0, 0.05) is 39.1 Å². The van der Waals surface area contributed by atoms with Gasteiger partial charge in [-0.3, -0.25) is 14.2 Å². The van der Waals surface area contributed by atoms with E-state index in [4.69, 9.17) is 0 Å². The molecule has 4 aromatic rings. The zero-order chi connectivity index (χ0) is 20.5. The van der Waals surface area contributed by atoms with Crippen LogP contribution in [0.25, 0.3) is 21.1 Å². The predicted molar refractivity (Wildman–Crippen MR) is 117 cm³/mol. The Morgan fingerprint density at radius 1 is 1.00 bits per heavy atom. The largest absolute Gasteiger partial charge is 0.352 e. The number of thiophene rings is 1. The van der Waals surface area contributed by atoms with Gasteiger partial charge < -0.3 is 9.80 Å². The summed E-state index contributed by atoms with van der Waals surface area (Å²) in [6.07, 6.45) is 3.40. The third-order valence-electron chi connectivity index (χ3n) is 5.47. The fraction of sp³-hybridized carbons (Fsp3) is 0.286. The van der Waals surface area contributed by atoms with E-state index in [1.165, 1.54) is 10.9 Å². The fourth-order valence-electron chi connectivity index (χ4n) is 3.84. The van der Waals surface area contributed by atoms with Gasteiger partial charge in [0.05, 0.1) is 22.6 Å². The highest BCUT2D eigenvalue weighted by atomic mass is 32.1. The third kappa shape index (κ3) is 3.41. The van der Waals surface area contributed by atoms with Gasteiger partial charge in [0.15, 0.2) is 0 Å². The molecule has 9 heteroatoms. The summed E-state index contributed by atoms with van der Waals surface area (Å²) >= 11 is 1.60. The lowest BCUT2D eigenvalue weighted by Gasteiger charge is -2.35. The Morgan fingerprint density at radius 2 is 1.83 bits per heavy atom. The van der Waals surface area contributed by atoms with E-state index < -0.39 is 0 Å². The van der Waals surface area contributed by atoms with Gasteiger partial charge in [0.2, 0.25) is 5.91 Å². The normalized spacial score (nSPS) is 14.5. The predicted octanol–water partition coefficient (Wildman–Crippen LogP) is 2.14. The van der Waals surface area contributed by atoms with E-state index in [9.17, 15) is 9.59 Å². The molecule has 0 saturated carbocycles. The van der Waals surface area contributed by atoms with Gasteiger partial charge in [-0.1, -0.05) is 12.1 Å². The second kappa shape index (κ2) is 7.83. The highest BCUT2D eigenvalue weighted by Crippen LogP contribution is 2.27. The van der Waals surface area contributed by atoms with Crippen molar-refractivity contribution in [2.24, 2.45) is 0 Å². The molecule has 1 amide bonds. The van der Waals surface area contributed by atoms with E-state index in [2.05, 4.69) is 19.9 Å². The van der Waals surface area contributed by atoms with Crippen LogP contribution in [0.5, 0.6) is 0 Å². The molecular weight excluding hydrogens is 400 g/mol. The van der Waals surface area contributed by atoms with Gasteiger partial charge in [0.1, 0.15) is 17.0 Å². The third-order valence-corrected chi connectivity index (χ3v) is 6.29. The van der Waals surface area contributed by atoms with Crippen LogP contribution < -0.4 is 10.5 Å². The first kappa shape index (κ1) is 18.7. The molecule has 0 N–H and O–H groups in total. The van der Waals surface area contributed by atoms with Gasteiger partial charge in [-0.15, -0.1) is 11.3 Å². The Hall–Kier alpha value is -3.33. The van der Waals surface area contributed by atoms with Crippen molar-refractivity contribution in [3.8, 4) is 0 Å².